The molecule has 37 heavy (non-hydrogen) atoms. The summed E-state index contributed by atoms with van der Waals surface area (Å²) < 4.78 is 7.80. The minimum atomic E-state index is -0.154. The van der Waals surface area contributed by atoms with Crippen molar-refractivity contribution in [1.29, 1.82) is 0 Å². The lowest BCUT2D eigenvalue weighted by Crippen LogP contribution is -2.42. The van der Waals surface area contributed by atoms with E-state index in [0.717, 1.165) is 28.0 Å². The highest BCUT2D eigenvalue weighted by atomic mass is 16.5. The van der Waals surface area contributed by atoms with Gasteiger partial charge in [-0.05, 0) is 47.0 Å². The number of aromatic nitrogens is 4. The summed E-state index contributed by atoms with van der Waals surface area (Å²) in [5.41, 5.74) is 4.96. The van der Waals surface area contributed by atoms with Crippen molar-refractivity contribution in [3.63, 3.8) is 0 Å². The normalized spacial score (nSPS) is 14.5. The molecule has 0 saturated heterocycles. The van der Waals surface area contributed by atoms with Gasteiger partial charge in [0.25, 0.3) is 11.8 Å². The fourth-order valence-electron chi connectivity index (χ4n) is 4.44. The third-order valence-electron chi connectivity index (χ3n) is 6.52. The zero-order valence-electron chi connectivity index (χ0n) is 20.9. The Hall–Kier alpha value is -4.53. The maximum atomic E-state index is 13.3. The molecule has 2 amide bonds. The zero-order chi connectivity index (χ0) is 25.8. The van der Waals surface area contributed by atoms with Gasteiger partial charge in [0.15, 0.2) is 0 Å². The maximum absolute atomic E-state index is 13.3. The number of likely N-dealkylation sites (N-methyl/N-ethyl adjacent to an activating group) is 1. The fraction of sp³-hybridized carbons (Fsp3) is 0.250. The van der Waals surface area contributed by atoms with Gasteiger partial charge in [0.2, 0.25) is 0 Å². The zero-order valence-corrected chi connectivity index (χ0v) is 20.9. The molecule has 2 bridgehead atoms. The number of ether oxygens (including phenoxy) is 1. The van der Waals surface area contributed by atoms with Crippen molar-refractivity contribution in [2.75, 3.05) is 33.3 Å². The molecule has 5 rings (SSSR count). The van der Waals surface area contributed by atoms with E-state index in [1.165, 1.54) is 6.33 Å². The van der Waals surface area contributed by atoms with Crippen LogP contribution in [0.15, 0.2) is 73.4 Å². The Morgan fingerprint density at radius 3 is 2.54 bits per heavy atom. The summed E-state index contributed by atoms with van der Waals surface area (Å²) in [6.45, 7) is 1.44. The Bertz CT molecular complexity index is 1420. The predicted octanol–water partition coefficient (Wildman–Crippen LogP) is 3.07. The van der Waals surface area contributed by atoms with Crippen LogP contribution in [0.25, 0.3) is 11.1 Å². The summed E-state index contributed by atoms with van der Waals surface area (Å²) in [5.74, 6) is 0.496. The molecule has 0 unspecified atom stereocenters. The first-order valence-corrected chi connectivity index (χ1v) is 12.1. The second-order valence-electron chi connectivity index (χ2n) is 9.03. The number of carbonyl (C=O) groups excluding carboxylic acids is 2. The molecule has 3 heterocycles. The molecule has 9 nitrogen and oxygen atoms in total. The van der Waals surface area contributed by atoms with Gasteiger partial charge in [-0.15, -0.1) is 0 Å². The predicted molar refractivity (Wildman–Crippen MR) is 138 cm³/mol. The lowest BCUT2D eigenvalue weighted by Gasteiger charge is -2.27. The highest BCUT2D eigenvalue weighted by Crippen LogP contribution is 2.28. The van der Waals surface area contributed by atoms with Crippen LogP contribution < -0.4 is 4.74 Å². The minimum Gasteiger partial charge on any atom is -0.491 e. The van der Waals surface area contributed by atoms with Crippen LogP contribution in [0, 0.1) is 0 Å². The van der Waals surface area contributed by atoms with E-state index in [1.54, 1.807) is 53.2 Å². The number of benzene rings is 2. The number of fused-ring (bicyclic) bond motifs is 3. The van der Waals surface area contributed by atoms with E-state index in [9.17, 15) is 9.59 Å². The molecule has 4 aromatic rings. The van der Waals surface area contributed by atoms with E-state index in [0.29, 0.717) is 43.9 Å². The molecule has 0 atom stereocenters. The average Bonchev–Trinajstić information content (AvgIpc) is 3.36. The molecule has 0 spiro atoms. The third kappa shape index (κ3) is 5.35. The van der Waals surface area contributed by atoms with Crippen molar-refractivity contribution in [1.82, 2.24) is 29.5 Å². The van der Waals surface area contributed by atoms with Crippen molar-refractivity contribution in [3.05, 3.63) is 95.8 Å². The topological polar surface area (TPSA) is 93.4 Å². The second-order valence-corrected chi connectivity index (χ2v) is 9.03. The van der Waals surface area contributed by atoms with Crippen LogP contribution in [0.2, 0.25) is 0 Å². The van der Waals surface area contributed by atoms with Crippen molar-refractivity contribution < 1.29 is 14.3 Å². The van der Waals surface area contributed by atoms with Gasteiger partial charge < -0.3 is 14.5 Å². The first kappa shape index (κ1) is 24.2. The lowest BCUT2D eigenvalue weighted by atomic mass is 9.98. The molecule has 0 fully saturated rings. The van der Waals surface area contributed by atoms with Gasteiger partial charge in [0, 0.05) is 63.3 Å². The smallest absolute Gasteiger partial charge is 0.272 e. The van der Waals surface area contributed by atoms with Crippen LogP contribution in [0.4, 0.5) is 0 Å². The van der Waals surface area contributed by atoms with E-state index >= 15 is 0 Å². The largest absolute Gasteiger partial charge is 0.491 e. The van der Waals surface area contributed by atoms with Crippen LogP contribution in [0.1, 0.15) is 32.0 Å². The van der Waals surface area contributed by atoms with Crippen molar-refractivity contribution >= 4 is 11.8 Å². The summed E-state index contributed by atoms with van der Waals surface area (Å²) >= 11 is 0. The molecule has 0 radical (unpaired) electrons. The molecule has 0 saturated carbocycles. The molecule has 2 aromatic carbocycles. The van der Waals surface area contributed by atoms with Gasteiger partial charge in [-0.1, -0.05) is 18.2 Å². The van der Waals surface area contributed by atoms with Crippen molar-refractivity contribution in [2.45, 2.75) is 6.42 Å². The Morgan fingerprint density at radius 2 is 1.76 bits per heavy atom. The molecular formula is C28H28N6O3. The number of rotatable bonds is 2. The maximum Gasteiger partial charge on any atom is 0.272 e. The number of hydrogen-bond acceptors (Lipinski definition) is 6. The molecule has 0 aliphatic carbocycles. The summed E-state index contributed by atoms with van der Waals surface area (Å²) in [4.78, 5) is 38.1. The summed E-state index contributed by atoms with van der Waals surface area (Å²) in [7, 11) is 3.50. The van der Waals surface area contributed by atoms with Gasteiger partial charge in [-0.3, -0.25) is 14.3 Å². The van der Waals surface area contributed by atoms with Crippen LogP contribution in [-0.4, -0.2) is 74.7 Å². The summed E-state index contributed by atoms with van der Waals surface area (Å²) in [6, 6.07) is 15.3. The van der Waals surface area contributed by atoms with E-state index in [1.807, 2.05) is 36.4 Å². The van der Waals surface area contributed by atoms with Crippen LogP contribution >= 0.6 is 0 Å². The number of amides is 2. The molecular weight excluding hydrogens is 468 g/mol. The molecule has 9 heteroatoms. The number of hydrogen-bond donors (Lipinski definition) is 0. The number of carbonyl (C=O) groups is 2. The monoisotopic (exact) mass is 496 g/mol. The molecule has 1 aliphatic rings. The van der Waals surface area contributed by atoms with Crippen molar-refractivity contribution in [3.8, 4) is 16.9 Å². The third-order valence-corrected chi connectivity index (χ3v) is 6.52. The Morgan fingerprint density at radius 1 is 0.919 bits per heavy atom. The SMILES string of the molecule is CN1CCN(C(=O)c2ccnn2C)CCOc2ccc(-c3cncnc3)cc2Cc2cccc(c2)C1=O. The molecule has 2 aromatic heterocycles. The Balaban J connectivity index is 1.50. The van der Waals surface area contributed by atoms with Crippen LogP contribution in [0.3, 0.4) is 0 Å². The van der Waals surface area contributed by atoms with E-state index in [-0.39, 0.29) is 11.8 Å². The quantitative estimate of drug-likeness (QED) is 0.424. The average molecular weight is 497 g/mol. The van der Waals surface area contributed by atoms with Crippen LogP contribution in [0.5, 0.6) is 5.75 Å². The van der Waals surface area contributed by atoms with Gasteiger partial charge in [-0.2, -0.15) is 5.10 Å². The van der Waals surface area contributed by atoms with Crippen LogP contribution in [-0.2, 0) is 13.5 Å². The Labute approximate surface area is 215 Å². The highest BCUT2D eigenvalue weighted by Gasteiger charge is 2.22. The second kappa shape index (κ2) is 10.6. The van der Waals surface area contributed by atoms with E-state index in [4.69, 9.17) is 4.74 Å². The van der Waals surface area contributed by atoms with E-state index < -0.39 is 0 Å². The standard InChI is InChI=1S/C28H28N6O3/c1-32-10-11-34(28(36)25-8-9-31-33(25)2)12-13-37-26-7-6-21(24-17-29-19-30-18-24)16-23(26)15-20-4-3-5-22(14-20)27(32)35/h3-9,14,16-19H,10-13,15H2,1-2H3. The van der Waals surface area contributed by atoms with Crippen molar-refractivity contribution in [2.24, 2.45) is 7.05 Å². The minimum absolute atomic E-state index is 0.0847. The number of aryl methyl sites for hydroxylation is 1. The molecule has 188 valence electrons. The summed E-state index contributed by atoms with van der Waals surface area (Å²) in [6.07, 6.45) is 7.23. The lowest BCUT2D eigenvalue weighted by molar-refractivity contribution is 0.0660. The fourth-order valence-corrected chi connectivity index (χ4v) is 4.44. The molecule has 0 N–H and O–H groups in total. The van der Waals surface area contributed by atoms with Gasteiger partial charge >= 0.3 is 0 Å². The number of nitrogens with zero attached hydrogens (tertiary/aromatic N) is 6. The van der Waals surface area contributed by atoms with Gasteiger partial charge in [-0.25, -0.2) is 9.97 Å². The highest BCUT2D eigenvalue weighted by molar-refractivity contribution is 5.94. The Kier molecular flexibility index (Phi) is 6.93. The summed E-state index contributed by atoms with van der Waals surface area (Å²) in [5, 5.41) is 4.13. The van der Waals surface area contributed by atoms with E-state index in [2.05, 4.69) is 21.1 Å². The molecule has 1 aliphatic heterocycles. The van der Waals surface area contributed by atoms with Gasteiger partial charge in [0.1, 0.15) is 24.4 Å². The van der Waals surface area contributed by atoms with Gasteiger partial charge in [0.05, 0.1) is 6.54 Å². The first-order chi connectivity index (χ1) is 18.0. The first-order valence-electron chi connectivity index (χ1n) is 12.1.